The van der Waals surface area contributed by atoms with Crippen LogP contribution in [-0.4, -0.2) is 39.7 Å². The summed E-state index contributed by atoms with van der Waals surface area (Å²) in [6, 6.07) is 8.06. The minimum atomic E-state index is -0.346. The normalized spacial score (nSPS) is 16.9. The van der Waals surface area contributed by atoms with Crippen molar-refractivity contribution < 1.29 is 9.59 Å². The van der Waals surface area contributed by atoms with E-state index < -0.39 is 0 Å². The number of hydrogen-bond donors (Lipinski definition) is 1. The van der Waals surface area contributed by atoms with Gasteiger partial charge in [-0.2, -0.15) is 5.10 Å². The van der Waals surface area contributed by atoms with Gasteiger partial charge in [0.25, 0.3) is 0 Å². The van der Waals surface area contributed by atoms with Crippen molar-refractivity contribution in [2.24, 2.45) is 5.92 Å². The van der Waals surface area contributed by atoms with Crippen molar-refractivity contribution >= 4 is 38.5 Å². The molecule has 1 unspecified atom stereocenters. The lowest BCUT2D eigenvalue weighted by atomic mass is 10.1. The predicted octanol–water partition coefficient (Wildman–Crippen LogP) is 2.59. The van der Waals surface area contributed by atoms with Gasteiger partial charge in [-0.3, -0.25) is 19.2 Å². The molecule has 4 rings (SSSR count). The lowest BCUT2D eigenvalue weighted by Gasteiger charge is -2.13. The Hall–Kier alpha value is -2.74. The summed E-state index contributed by atoms with van der Waals surface area (Å²) in [6.45, 7) is 7.47. The van der Waals surface area contributed by atoms with Gasteiger partial charge < -0.3 is 5.32 Å². The summed E-state index contributed by atoms with van der Waals surface area (Å²) in [4.78, 5) is 31.2. The van der Waals surface area contributed by atoms with Crippen LogP contribution >= 0.6 is 11.3 Å². The van der Waals surface area contributed by atoms with Crippen molar-refractivity contribution in [1.29, 1.82) is 0 Å². The molecule has 146 valence electrons. The Kier molecular flexibility index (Phi) is 4.89. The first-order valence-electron chi connectivity index (χ1n) is 9.37. The molecule has 0 aliphatic carbocycles. The number of thiazole rings is 1. The number of carbonyl (C=O) groups is 2. The summed E-state index contributed by atoms with van der Waals surface area (Å²) in [6.07, 6.45) is 0.223. The zero-order chi connectivity index (χ0) is 19.8. The molecule has 28 heavy (non-hydrogen) atoms. The van der Waals surface area contributed by atoms with Crippen LogP contribution in [0.15, 0.2) is 24.3 Å². The van der Waals surface area contributed by atoms with E-state index in [1.165, 1.54) is 11.3 Å². The van der Waals surface area contributed by atoms with Gasteiger partial charge in [-0.25, -0.2) is 4.98 Å². The molecule has 2 amide bonds. The number of fused-ring (bicyclic) bond motifs is 1. The van der Waals surface area contributed by atoms with Crippen molar-refractivity contribution in [3.05, 3.63) is 41.2 Å². The van der Waals surface area contributed by atoms with Gasteiger partial charge in [0.05, 0.1) is 28.4 Å². The first-order chi connectivity index (χ1) is 13.4. The van der Waals surface area contributed by atoms with Crippen LogP contribution in [0.2, 0.25) is 0 Å². The fourth-order valence-electron chi connectivity index (χ4n) is 3.53. The van der Waals surface area contributed by atoms with Crippen LogP contribution in [0.5, 0.6) is 0 Å². The molecule has 3 heterocycles. The van der Waals surface area contributed by atoms with Crippen molar-refractivity contribution in [3.63, 3.8) is 0 Å². The zero-order valence-electron chi connectivity index (χ0n) is 16.2. The largest absolute Gasteiger partial charge is 0.354 e. The Morgan fingerprint density at radius 1 is 1.29 bits per heavy atom. The molecule has 1 aliphatic rings. The van der Waals surface area contributed by atoms with Crippen molar-refractivity contribution in [2.75, 3.05) is 18.0 Å². The number of carbonyl (C=O) groups excluding carboxylic acids is 2. The highest BCUT2D eigenvalue weighted by Gasteiger charge is 2.36. The lowest BCUT2D eigenvalue weighted by Crippen LogP contribution is -2.35. The van der Waals surface area contributed by atoms with E-state index in [0.29, 0.717) is 24.8 Å². The number of hydrogen-bond acceptors (Lipinski definition) is 5. The fraction of sp³-hybridized carbons (Fsp3) is 0.400. The molecule has 1 atom stereocenters. The molecule has 1 saturated heterocycles. The van der Waals surface area contributed by atoms with Crippen LogP contribution in [0, 0.1) is 26.7 Å². The predicted molar refractivity (Wildman–Crippen MR) is 110 cm³/mol. The second kappa shape index (κ2) is 7.35. The smallest absolute Gasteiger partial charge is 0.229 e. The molecule has 1 aliphatic heterocycles. The third kappa shape index (κ3) is 3.64. The van der Waals surface area contributed by atoms with Gasteiger partial charge in [-0.05, 0) is 44.5 Å². The highest BCUT2D eigenvalue weighted by Crippen LogP contribution is 2.33. The second-order valence-corrected chi connectivity index (χ2v) is 8.32. The quantitative estimate of drug-likeness (QED) is 0.718. The minimum absolute atomic E-state index is 0.0468. The van der Waals surface area contributed by atoms with Crippen molar-refractivity contribution in [3.8, 4) is 0 Å². The van der Waals surface area contributed by atoms with Crippen LogP contribution in [0.4, 0.5) is 5.13 Å². The van der Waals surface area contributed by atoms with E-state index in [0.717, 1.165) is 27.2 Å². The van der Waals surface area contributed by atoms with Gasteiger partial charge in [0.15, 0.2) is 5.13 Å². The molecular formula is C20H23N5O2S. The van der Waals surface area contributed by atoms with Crippen LogP contribution in [-0.2, 0) is 16.1 Å². The number of anilines is 1. The average molecular weight is 398 g/mol. The molecule has 2 aromatic heterocycles. The molecule has 3 aromatic rings. The van der Waals surface area contributed by atoms with Gasteiger partial charge >= 0.3 is 0 Å². The first-order valence-corrected chi connectivity index (χ1v) is 10.2. The molecule has 1 fully saturated rings. The van der Waals surface area contributed by atoms with E-state index in [4.69, 9.17) is 0 Å². The van der Waals surface area contributed by atoms with Crippen LogP contribution in [0.1, 0.15) is 23.4 Å². The third-order valence-electron chi connectivity index (χ3n) is 4.99. The maximum Gasteiger partial charge on any atom is 0.229 e. The zero-order valence-corrected chi connectivity index (χ0v) is 17.0. The second-order valence-electron chi connectivity index (χ2n) is 7.31. The number of rotatable bonds is 5. The van der Waals surface area contributed by atoms with Gasteiger partial charge in [0.2, 0.25) is 11.8 Å². The molecule has 0 radical (unpaired) electrons. The molecular weight excluding hydrogens is 374 g/mol. The summed E-state index contributed by atoms with van der Waals surface area (Å²) < 4.78 is 2.94. The summed E-state index contributed by atoms with van der Waals surface area (Å²) in [5, 5.41) is 8.00. The van der Waals surface area contributed by atoms with E-state index in [1.807, 2.05) is 43.7 Å². The van der Waals surface area contributed by atoms with Gasteiger partial charge in [0, 0.05) is 25.2 Å². The number of nitrogens with one attached hydrogen (secondary N) is 1. The summed E-state index contributed by atoms with van der Waals surface area (Å²) in [5.74, 6) is -0.481. The van der Waals surface area contributed by atoms with Crippen LogP contribution < -0.4 is 10.2 Å². The number of amides is 2. The van der Waals surface area contributed by atoms with Crippen LogP contribution in [0.3, 0.4) is 0 Å². The number of aryl methyl sites for hydroxylation is 3. The molecule has 1 N–H and O–H groups in total. The summed E-state index contributed by atoms with van der Waals surface area (Å²) in [7, 11) is 0. The Morgan fingerprint density at radius 3 is 2.86 bits per heavy atom. The Bertz CT molecular complexity index is 1050. The maximum atomic E-state index is 12.5. The molecule has 0 spiro atoms. The topological polar surface area (TPSA) is 80.1 Å². The van der Waals surface area contributed by atoms with Crippen molar-refractivity contribution in [2.45, 2.75) is 33.7 Å². The molecule has 0 saturated carbocycles. The number of nitrogens with zero attached hydrogens (tertiary/aromatic N) is 4. The summed E-state index contributed by atoms with van der Waals surface area (Å²) in [5.41, 5.74) is 4.08. The number of benzene rings is 1. The van der Waals surface area contributed by atoms with E-state index >= 15 is 0 Å². The van der Waals surface area contributed by atoms with Crippen LogP contribution in [0.25, 0.3) is 10.2 Å². The Morgan fingerprint density at radius 2 is 2.11 bits per heavy atom. The molecule has 8 heteroatoms. The van der Waals surface area contributed by atoms with Crippen molar-refractivity contribution in [1.82, 2.24) is 20.1 Å². The Balaban J connectivity index is 1.38. The average Bonchev–Trinajstić information content (AvgIpc) is 3.31. The number of aromatic nitrogens is 3. The standard InChI is InChI=1S/C20H23N5O2S/c1-12-4-5-16-17(8-12)28-20(22-16)24-11-15(10-18(24)26)19(27)21-6-7-25-14(3)9-13(2)23-25/h4-5,8-9,15H,6-7,10-11H2,1-3H3,(H,21,27). The van der Waals surface area contributed by atoms with Gasteiger partial charge in [0.1, 0.15) is 0 Å². The molecule has 0 bridgehead atoms. The Labute approximate surface area is 167 Å². The fourth-order valence-corrected chi connectivity index (χ4v) is 4.62. The van der Waals surface area contributed by atoms with E-state index in [9.17, 15) is 9.59 Å². The highest BCUT2D eigenvalue weighted by molar-refractivity contribution is 7.22. The van der Waals surface area contributed by atoms with E-state index in [-0.39, 0.29) is 24.2 Å². The minimum Gasteiger partial charge on any atom is -0.354 e. The monoisotopic (exact) mass is 397 g/mol. The maximum absolute atomic E-state index is 12.5. The summed E-state index contributed by atoms with van der Waals surface area (Å²) >= 11 is 1.50. The SMILES string of the molecule is Cc1ccc2nc(N3CC(C(=O)NCCn4nc(C)cc4C)CC3=O)sc2c1. The van der Waals surface area contributed by atoms with E-state index in [2.05, 4.69) is 21.5 Å². The molecule has 1 aromatic carbocycles. The van der Waals surface area contributed by atoms with E-state index in [1.54, 1.807) is 4.90 Å². The first kappa shape index (κ1) is 18.6. The third-order valence-corrected chi connectivity index (χ3v) is 6.03. The lowest BCUT2D eigenvalue weighted by molar-refractivity contribution is -0.126. The van der Waals surface area contributed by atoms with Gasteiger partial charge in [-0.15, -0.1) is 0 Å². The highest BCUT2D eigenvalue weighted by atomic mass is 32.1. The van der Waals surface area contributed by atoms with Gasteiger partial charge in [-0.1, -0.05) is 17.4 Å². The molecule has 7 nitrogen and oxygen atoms in total.